The highest BCUT2D eigenvalue weighted by molar-refractivity contribution is 5.31. The molecule has 1 unspecified atom stereocenters. The molecule has 0 spiro atoms. The van der Waals surface area contributed by atoms with E-state index in [0.29, 0.717) is 0 Å². The molecule has 0 aromatic heterocycles. The summed E-state index contributed by atoms with van der Waals surface area (Å²) in [6.45, 7) is 20.7. The largest absolute Gasteiger partial charge is 0.269 e. The van der Waals surface area contributed by atoms with Crippen molar-refractivity contribution in [3.05, 3.63) is 11.8 Å². The molecule has 1 atom stereocenters. The Kier molecular flexibility index (Phi) is 4.66. The molecule has 0 heterocycles. The maximum atomic E-state index is 4.15. The van der Waals surface area contributed by atoms with Crippen LogP contribution in [0.4, 0.5) is 0 Å². The maximum Gasteiger partial charge on any atom is 0.177 e. The first kappa shape index (κ1) is 15.1. The summed E-state index contributed by atoms with van der Waals surface area (Å²) in [7, 11) is 2.00. The predicted octanol–water partition coefficient (Wildman–Crippen LogP) is 3.37. The third-order valence-electron chi connectivity index (χ3n) is 2.62. The van der Waals surface area contributed by atoms with Crippen LogP contribution in [0.15, 0.2) is 16.8 Å². The number of likely N-dealkylation sites (N-methyl/N-ethyl adjacent to an activating group) is 1. The molecule has 16 heavy (non-hydrogen) atoms. The molecular weight excluding hydrogens is 196 g/mol. The Labute approximate surface area is 101 Å². The van der Waals surface area contributed by atoms with E-state index in [0.717, 1.165) is 5.70 Å². The van der Waals surface area contributed by atoms with Crippen molar-refractivity contribution in [2.24, 2.45) is 15.8 Å². The van der Waals surface area contributed by atoms with E-state index in [1.807, 2.05) is 11.6 Å². The average Bonchev–Trinajstić information content (AvgIpc) is 1.99. The molecule has 0 aliphatic carbocycles. The Morgan fingerprint density at radius 1 is 1.19 bits per heavy atom. The van der Waals surface area contributed by atoms with Crippen molar-refractivity contribution in [3.63, 3.8) is 0 Å². The number of aliphatic imine (C=N–C) groups is 1. The minimum absolute atomic E-state index is 0.0290. The number of nitrogens with zero attached hydrogens (tertiary/aromatic N) is 2. The summed E-state index contributed by atoms with van der Waals surface area (Å²) in [4.78, 5) is 4.15. The van der Waals surface area contributed by atoms with Gasteiger partial charge in [0.2, 0.25) is 0 Å². The number of allylic oxidation sites excluding steroid dienone is 1. The smallest absolute Gasteiger partial charge is 0.177 e. The van der Waals surface area contributed by atoms with E-state index in [4.69, 9.17) is 0 Å². The zero-order chi connectivity index (χ0) is 13.1. The van der Waals surface area contributed by atoms with Crippen molar-refractivity contribution in [2.45, 2.75) is 47.6 Å². The third kappa shape index (κ3) is 4.30. The lowest BCUT2D eigenvalue weighted by Crippen LogP contribution is -2.34. The van der Waals surface area contributed by atoms with Crippen LogP contribution in [0, 0.1) is 10.8 Å². The van der Waals surface area contributed by atoms with Gasteiger partial charge in [0.05, 0.1) is 0 Å². The van der Waals surface area contributed by atoms with Crippen LogP contribution in [0.1, 0.15) is 41.5 Å². The molecule has 0 aromatic rings. The van der Waals surface area contributed by atoms with Crippen LogP contribution in [-0.4, -0.2) is 31.1 Å². The second kappa shape index (κ2) is 4.94. The van der Waals surface area contributed by atoms with Gasteiger partial charge in [-0.15, -0.1) is 0 Å². The van der Waals surface area contributed by atoms with Crippen molar-refractivity contribution in [1.82, 2.24) is 0 Å². The quantitative estimate of drug-likeness (QED) is 0.515. The molecule has 0 saturated heterocycles. The van der Waals surface area contributed by atoms with Crippen LogP contribution in [0.2, 0.25) is 0 Å². The molecule has 0 fully saturated rings. The molecule has 0 rings (SSSR count). The van der Waals surface area contributed by atoms with Crippen LogP contribution in [0.5, 0.6) is 0 Å². The molecule has 0 saturated carbocycles. The summed E-state index contributed by atoms with van der Waals surface area (Å²) in [5, 5.41) is 0. The maximum absolute atomic E-state index is 4.15. The van der Waals surface area contributed by atoms with Gasteiger partial charge in [-0.25, -0.2) is 4.58 Å². The Morgan fingerprint density at radius 2 is 1.62 bits per heavy atom. The van der Waals surface area contributed by atoms with Gasteiger partial charge in [0.1, 0.15) is 13.8 Å². The average molecular weight is 223 g/mol. The summed E-state index contributed by atoms with van der Waals surface area (Å²) in [5.41, 5.74) is 1.20. The first-order valence-electron chi connectivity index (χ1n) is 5.72. The fourth-order valence-corrected chi connectivity index (χ4v) is 1.73. The van der Waals surface area contributed by atoms with Gasteiger partial charge >= 0.3 is 0 Å². The second-order valence-corrected chi connectivity index (χ2v) is 6.53. The summed E-state index contributed by atoms with van der Waals surface area (Å²) in [5.74, 6) is 0. The minimum Gasteiger partial charge on any atom is -0.269 e. The molecule has 0 radical (unpaired) electrons. The van der Waals surface area contributed by atoms with Gasteiger partial charge < -0.3 is 0 Å². The lowest BCUT2D eigenvalue weighted by Gasteiger charge is -2.26. The van der Waals surface area contributed by atoms with E-state index in [1.54, 1.807) is 0 Å². The van der Waals surface area contributed by atoms with Gasteiger partial charge in [0.15, 0.2) is 6.04 Å². The van der Waals surface area contributed by atoms with Crippen molar-refractivity contribution < 1.29 is 4.58 Å². The Bertz CT molecular complexity index is 298. The number of rotatable bonds is 3. The van der Waals surface area contributed by atoms with Gasteiger partial charge in [-0.3, -0.25) is 4.99 Å². The molecule has 92 valence electrons. The topological polar surface area (TPSA) is 15.4 Å². The minimum atomic E-state index is 0.0290. The standard InChI is InChI=1S/C14H27N2/c1-13(2,3)11(15-7)10-12(16(8)9)14(4,5)6/h10,12H,7-8H2,1-6,9H3/q+1. The van der Waals surface area contributed by atoms with E-state index < -0.39 is 0 Å². The molecule has 2 nitrogen and oxygen atoms in total. The molecule has 2 heteroatoms. The van der Waals surface area contributed by atoms with Gasteiger partial charge in [-0.05, 0) is 6.72 Å². The molecule has 0 bridgehead atoms. The van der Waals surface area contributed by atoms with Crippen molar-refractivity contribution >= 4 is 13.4 Å². The lowest BCUT2D eigenvalue weighted by atomic mass is 9.83. The molecule has 0 aliphatic heterocycles. The summed E-state index contributed by atoms with van der Waals surface area (Å²) in [6.07, 6.45) is 2.18. The zero-order valence-electron chi connectivity index (χ0n) is 12.0. The Morgan fingerprint density at radius 3 is 1.81 bits per heavy atom. The monoisotopic (exact) mass is 223 g/mol. The van der Waals surface area contributed by atoms with E-state index in [2.05, 4.69) is 66.0 Å². The Hall–Kier alpha value is -0.920. The van der Waals surface area contributed by atoms with Crippen LogP contribution >= 0.6 is 0 Å². The van der Waals surface area contributed by atoms with E-state index in [9.17, 15) is 0 Å². The van der Waals surface area contributed by atoms with Crippen LogP contribution in [0.3, 0.4) is 0 Å². The summed E-state index contributed by atoms with van der Waals surface area (Å²) < 4.78 is 1.98. The SMILES string of the molecule is C=NC(=CC([N+](=C)C)C(C)(C)C)C(C)(C)C. The molecule has 0 N–H and O–H groups in total. The fraction of sp³-hybridized carbons (Fsp3) is 0.714. The van der Waals surface area contributed by atoms with Crippen molar-refractivity contribution in [1.29, 1.82) is 0 Å². The molecular formula is C14H27N2+. The van der Waals surface area contributed by atoms with Crippen molar-refractivity contribution in [3.8, 4) is 0 Å². The third-order valence-corrected chi connectivity index (χ3v) is 2.62. The molecule has 0 amide bonds. The molecule has 0 aromatic carbocycles. The first-order chi connectivity index (χ1) is 7.00. The highest BCUT2D eigenvalue weighted by Gasteiger charge is 2.31. The first-order valence-corrected chi connectivity index (χ1v) is 5.72. The van der Waals surface area contributed by atoms with E-state index in [1.165, 1.54) is 0 Å². The van der Waals surface area contributed by atoms with Gasteiger partial charge in [-0.1, -0.05) is 41.5 Å². The van der Waals surface area contributed by atoms with Gasteiger partial charge in [-0.2, -0.15) is 0 Å². The zero-order valence-corrected chi connectivity index (χ0v) is 12.0. The van der Waals surface area contributed by atoms with Crippen LogP contribution in [-0.2, 0) is 0 Å². The normalized spacial score (nSPS) is 15.8. The highest BCUT2D eigenvalue weighted by Crippen LogP contribution is 2.30. The number of hydrogen-bond acceptors (Lipinski definition) is 1. The van der Waals surface area contributed by atoms with Gasteiger partial charge in [0, 0.05) is 22.6 Å². The summed E-state index contributed by atoms with van der Waals surface area (Å²) in [6, 6.07) is 0.257. The van der Waals surface area contributed by atoms with Crippen molar-refractivity contribution in [2.75, 3.05) is 7.05 Å². The highest BCUT2D eigenvalue weighted by atomic mass is 15.0. The van der Waals surface area contributed by atoms with E-state index >= 15 is 0 Å². The van der Waals surface area contributed by atoms with Crippen LogP contribution in [0.25, 0.3) is 0 Å². The van der Waals surface area contributed by atoms with Gasteiger partial charge in [0.25, 0.3) is 0 Å². The molecule has 0 aliphatic rings. The fourth-order valence-electron chi connectivity index (χ4n) is 1.73. The predicted molar refractivity (Wildman–Crippen MR) is 73.6 cm³/mol. The second-order valence-electron chi connectivity index (χ2n) is 6.53. The summed E-state index contributed by atoms with van der Waals surface area (Å²) >= 11 is 0. The van der Waals surface area contributed by atoms with Crippen LogP contribution < -0.4 is 0 Å². The number of hydrogen-bond donors (Lipinski definition) is 0. The van der Waals surface area contributed by atoms with E-state index in [-0.39, 0.29) is 16.9 Å². The Balaban J connectivity index is 5.36. The lowest BCUT2D eigenvalue weighted by molar-refractivity contribution is -0.533.